The Bertz CT molecular complexity index is 555. The average Bonchev–Trinajstić information content (AvgIpc) is 2.74. The molecule has 2 heteroatoms. The maximum absolute atomic E-state index is 3.60. The molecule has 18 heavy (non-hydrogen) atoms. The van der Waals surface area contributed by atoms with E-state index in [0.717, 1.165) is 5.92 Å². The normalized spacial score (nSPS) is 19.1. The van der Waals surface area contributed by atoms with Crippen molar-refractivity contribution in [3.8, 4) is 0 Å². The molecule has 0 spiro atoms. The van der Waals surface area contributed by atoms with Crippen LogP contribution in [0.5, 0.6) is 0 Å². The van der Waals surface area contributed by atoms with E-state index in [0.29, 0.717) is 0 Å². The first-order valence-electron chi connectivity index (χ1n) is 7.07. The number of aromatic nitrogens is 1. The van der Waals surface area contributed by atoms with Crippen LogP contribution in [-0.2, 0) is 12.8 Å². The topological polar surface area (TPSA) is 15.8 Å². The fourth-order valence-electron chi connectivity index (χ4n) is 3.20. The molecule has 0 bridgehead atoms. The third-order valence-electron chi connectivity index (χ3n) is 4.22. The van der Waals surface area contributed by atoms with Gasteiger partial charge in [0.05, 0.1) is 0 Å². The fourth-order valence-corrected chi connectivity index (χ4v) is 3.56. The van der Waals surface area contributed by atoms with E-state index in [2.05, 4.69) is 46.0 Å². The van der Waals surface area contributed by atoms with E-state index in [1.165, 1.54) is 59.6 Å². The summed E-state index contributed by atoms with van der Waals surface area (Å²) in [6.45, 7) is 2.29. The zero-order valence-corrected chi connectivity index (χ0v) is 12.5. The van der Waals surface area contributed by atoms with Crippen LogP contribution in [0.4, 0.5) is 0 Å². The molecule has 1 atom stereocenters. The summed E-state index contributed by atoms with van der Waals surface area (Å²) in [5.74, 6) is 0.899. The molecule has 3 rings (SSSR count). The molecule has 0 saturated carbocycles. The molecular formula is C16H20BrN. The van der Waals surface area contributed by atoms with Crippen molar-refractivity contribution in [1.29, 1.82) is 0 Å². The molecule has 2 aromatic rings. The van der Waals surface area contributed by atoms with Crippen molar-refractivity contribution < 1.29 is 0 Å². The summed E-state index contributed by atoms with van der Waals surface area (Å²) >= 11 is 3.59. The second kappa shape index (κ2) is 5.08. The highest BCUT2D eigenvalue weighted by Gasteiger charge is 2.22. The molecule has 0 radical (unpaired) electrons. The summed E-state index contributed by atoms with van der Waals surface area (Å²) in [4.78, 5) is 3.60. The lowest BCUT2D eigenvalue weighted by molar-refractivity contribution is 0.412. The highest BCUT2D eigenvalue weighted by atomic mass is 79.9. The van der Waals surface area contributed by atoms with Gasteiger partial charge < -0.3 is 4.98 Å². The summed E-state index contributed by atoms with van der Waals surface area (Å²) in [5.41, 5.74) is 4.37. The Morgan fingerprint density at radius 3 is 3.11 bits per heavy atom. The quantitative estimate of drug-likeness (QED) is 0.799. The Morgan fingerprint density at radius 1 is 1.39 bits per heavy atom. The third-order valence-corrected chi connectivity index (χ3v) is 4.71. The van der Waals surface area contributed by atoms with Gasteiger partial charge in [0.15, 0.2) is 0 Å². The van der Waals surface area contributed by atoms with Gasteiger partial charge in [0.25, 0.3) is 0 Å². The first-order valence-corrected chi connectivity index (χ1v) is 7.86. The number of halogens is 1. The van der Waals surface area contributed by atoms with Gasteiger partial charge in [-0.15, -0.1) is 0 Å². The molecule has 0 saturated heterocycles. The van der Waals surface area contributed by atoms with Crippen LogP contribution in [0.15, 0.2) is 22.7 Å². The van der Waals surface area contributed by atoms with Crippen molar-refractivity contribution in [3.63, 3.8) is 0 Å². The van der Waals surface area contributed by atoms with Gasteiger partial charge >= 0.3 is 0 Å². The molecule has 1 unspecified atom stereocenters. The SMILES string of the molecule is CCCCC1CCc2[nH]c3ccc(Br)cc3c2C1. The zero-order chi connectivity index (χ0) is 12.5. The second-order valence-electron chi connectivity index (χ2n) is 5.52. The Kier molecular flexibility index (Phi) is 3.47. The van der Waals surface area contributed by atoms with Crippen molar-refractivity contribution >= 4 is 26.8 Å². The predicted octanol–water partition coefficient (Wildman–Crippen LogP) is 5.23. The van der Waals surface area contributed by atoms with Crippen molar-refractivity contribution in [2.75, 3.05) is 0 Å². The maximum Gasteiger partial charge on any atom is 0.0459 e. The Hall–Kier alpha value is -0.760. The van der Waals surface area contributed by atoms with E-state index in [4.69, 9.17) is 0 Å². The molecule has 0 fully saturated rings. The molecule has 1 N–H and O–H groups in total. The van der Waals surface area contributed by atoms with Gasteiger partial charge in [-0.25, -0.2) is 0 Å². The molecule has 0 aliphatic heterocycles. The number of nitrogens with one attached hydrogen (secondary N) is 1. The van der Waals surface area contributed by atoms with Gasteiger partial charge in [-0.3, -0.25) is 0 Å². The fraction of sp³-hybridized carbons (Fsp3) is 0.500. The summed E-state index contributed by atoms with van der Waals surface area (Å²) in [6.07, 6.45) is 7.97. The number of unbranched alkanes of at least 4 members (excludes halogenated alkanes) is 1. The van der Waals surface area contributed by atoms with Crippen molar-refractivity contribution in [1.82, 2.24) is 4.98 Å². The van der Waals surface area contributed by atoms with E-state index >= 15 is 0 Å². The van der Waals surface area contributed by atoms with Gasteiger partial charge in [0, 0.05) is 21.1 Å². The first kappa shape index (κ1) is 12.3. The van der Waals surface area contributed by atoms with E-state index in [1.807, 2.05) is 0 Å². The highest BCUT2D eigenvalue weighted by molar-refractivity contribution is 9.10. The van der Waals surface area contributed by atoms with Gasteiger partial charge in [-0.2, -0.15) is 0 Å². The van der Waals surface area contributed by atoms with E-state index in [1.54, 1.807) is 5.56 Å². The van der Waals surface area contributed by atoms with Gasteiger partial charge in [0.2, 0.25) is 0 Å². The summed E-state index contributed by atoms with van der Waals surface area (Å²) in [5, 5.41) is 1.43. The largest absolute Gasteiger partial charge is 0.358 e. The molecule has 1 nitrogen and oxygen atoms in total. The van der Waals surface area contributed by atoms with Crippen LogP contribution >= 0.6 is 15.9 Å². The van der Waals surface area contributed by atoms with Crippen LogP contribution in [0.3, 0.4) is 0 Å². The number of aromatic amines is 1. The van der Waals surface area contributed by atoms with Crippen molar-refractivity contribution in [3.05, 3.63) is 33.9 Å². The van der Waals surface area contributed by atoms with E-state index in [-0.39, 0.29) is 0 Å². The minimum atomic E-state index is 0.899. The average molecular weight is 306 g/mol. The molecule has 1 aromatic carbocycles. The van der Waals surface area contributed by atoms with E-state index in [9.17, 15) is 0 Å². The monoisotopic (exact) mass is 305 g/mol. The number of H-pyrrole nitrogens is 1. The number of hydrogen-bond acceptors (Lipinski definition) is 0. The molecule has 96 valence electrons. The van der Waals surface area contributed by atoms with Crippen LogP contribution in [0.1, 0.15) is 43.9 Å². The highest BCUT2D eigenvalue weighted by Crippen LogP contribution is 2.34. The summed E-state index contributed by atoms with van der Waals surface area (Å²) < 4.78 is 1.19. The number of fused-ring (bicyclic) bond motifs is 3. The third kappa shape index (κ3) is 2.23. The molecule has 1 aliphatic carbocycles. The molecule has 1 aromatic heterocycles. The summed E-state index contributed by atoms with van der Waals surface area (Å²) in [6, 6.07) is 6.59. The molecule has 1 aliphatic rings. The van der Waals surface area contributed by atoms with Crippen LogP contribution in [0.25, 0.3) is 10.9 Å². The van der Waals surface area contributed by atoms with Crippen LogP contribution < -0.4 is 0 Å². The number of aryl methyl sites for hydroxylation is 1. The van der Waals surface area contributed by atoms with Gasteiger partial charge in [-0.1, -0.05) is 42.1 Å². The minimum Gasteiger partial charge on any atom is -0.358 e. The number of rotatable bonds is 3. The first-order chi connectivity index (χ1) is 8.78. The van der Waals surface area contributed by atoms with Gasteiger partial charge in [0.1, 0.15) is 0 Å². The lowest BCUT2D eigenvalue weighted by atomic mass is 9.83. The molecule has 1 heterocycles. The lowest BCUT2D eigenvalue weighted by Crippen LogP contribution is -2.13. The van der Waals surface area contributed by atoms with Crippen LogP contribution in [-0.4, -0.2) is 4.98 Å². The smallest absolute Gasteiger partial charge is 0.0459 e. The Balaban J connectivity index is 1.93. The van der Waals surface area contributed by atoms with Crippen molar-refractivity contribution in [2.24, 2.45) is 5.92 Å². The Morgan fingerprint density at radius 2 is 2.28 bits per heavy atom. The van der Waals surface area contributed by atoms with Crippen LogP contribution in [0, 0.1) is 5.92 Å². The molecular weight excluding hydrogens is 286 g/mol. The molecule has 0 amide bonds. The van der Waals surface area contributed by atoms with Crippen molar-refractivity contribution in [2.45, 2.75) is 45.4 Å². The van der Waals surface area contributed by atoms with E-state index < -0.39 is 0 Å². The van der Waals surface area contributed by atoms with Crippen LogP contribution in [0.2, 0.25) is 0 Å². The Labute approximate surface area is 117 Å². The standard InChI is InChI=1S/C16H20BrN/c1-2-3-4-11-5-7-15-13(9-11)14-10-12(17)6-8-16(14)18-15/h6,8,10-11,18H,2-5,7,9H2,1H3. The second-order valence-corrected chi connectivity index (χ2v) is 6.44. The number of hydrogen-bond donors (Lipinski definition) is 1. The minimum absolute atomic E-state index is 0.899. The number of benzene rings is 1. The zero-order valence-electron chi connectivity index (χ0n) is 10.9. The maximum atomic E-state index is 3.60. The summed E-state index contributed by atoms with van der Waals surface area (Å²) in [7, 11) is 0. The van der Waals surface area contributed by atoms with Gasteiger partial charge in [-0.05, 0) is 48.9 Å². The lowest BCUT2D eigenvalue weighted by Gasteiger charge is -2.22. The predicted molar refractivity (Wildman–Crippen MR) is 81.0 cm³/mol.